The van der Waals surface area contributed by atoms with E-state index in [0.29, 0.717) is 0 Å². The SMILES string of the molecule is CC(c1noc([C@@H](O)CN)n1)S(C)(=O)=O. The van der Waals surface area contributed by atoms with E-state index in [4.69, 9.17) is 5.73 Å². The maximum atomic E-state index is 11.2. The highest BCUT2D eigenvalue weighted by Gasteiger charge is 2.24. The van der Waals surface area contributed by atoms with Gasteiger partial charge in [0.2, 0.25) is 0 Å². The highest BCUT2D eigenvalue weighted by molar-refractivity contribution is 7.90. The lowest BCUT2D eigenvalue weighted by Gasteiger charge is -2.02. The quantitative estimate of drug-likeness (QED) is 0.698. The van der Waals surface area contributed by atoms with Gasteiger partial charge in [0.15, 0.2) is 15.7 Å². The van der Waals surface area contributed by atoms with Crippen molar-refractivity contribution in [2.24, 2.45) is 5.73 Å². The molecule has 0 saturated carbocycles. The monoisotopic (exact) mass is 235 g/mol. The molecule has 1 aromatic heterocycles. The summed E-state index contributed by atoms with van der Waals surface area (Å²) in [5.74, 6) is -0.0389. The Morgan fingerprint density at radius 3 is 2.67 bits per heavy atom. The normalized spacial score (nSPS) is 16.3. The highest BCUT2D eigenvalue weighted by Crippen LogP contribution is 2.19. The van der Waals surface area contributed by atoms with Gasteiger partial charge in [0.25, 0.3) is 5.89 Å². The van der Waals surface area contributed by atoms with Crippen LogP contribution < -0.4 is 5.73 Å². The van der Waals surface area contributed by atoms with E-state index in [2.05, 4.69) is 14.7 Å². The molecule has 0 aliphatic rings. The minimum absolute atomic E-state index is 0.0278. The van der Waals surface area contributed by atoms with Gasteiger partial charge in [-0.2, -0.15) is 4.98 Å². The first kappa shape index (κ1) is 12.1. The van der Waals surface area contributed by atoms with Crippen molar-refractivity contribution in [2.75, 3.05) is 12.8 Å². The number of aliphatic hydroxyl groups excluding tert-OH is 1. The van der Waals surface area contributed by atoms with E-state index >= 15 is 0 Å². The molecule has 0 fully saturated rings. The zero-order chi connectivity index (χ0) is 11.6. The molecule has 0 saturated heterocycles. The molecule has 0 aliphatic heterocycles. The second-order valence-corrected chi connectivity index (χ2v) is 5.58. The molecular formula is C7H13N3O4S. The summed E-state index contributed by atoms with van der Waals surface area (Å²) in [6.45, 7) is 1.38. The number of nitrogens with zero attached hydrogens (tertiary/aromatic N) is 2. The summed E-state index contributed by atoms with van der Waals surface area (Å²) < 4.78 is 27.0. The molecule has 1 aromatic rings. The van der Waals surface area contributed by atoms with Crippen LogP contribution in [0.25, 0.3) is 0 Å². The van der Waals surface area contributed by atoms with Gasteiger partial charge in [-0.05, 0) is 6.92 Å². The molecule has 0 radical (unpaired) electrons. The number of sulfone groups is 1. The van der Waals surface area contributed by atoms with Gasteiger partial charge in [-0.15, -0.1) is 0 Å². The van der Waals surface area contributed by atoms with Crippen LogP contribution in [0.3, 0.4) is 0 Å². The molecule has 0 bridgehead atoms. The zero-order valence-corrected chi connectivity index (χ0v) is 9.23. The fraction of sp³-hybridized carbons (Fsp3) is 0.714. The summed E-state index contributed by atoms with van der Waals surface area (Å²) in [5, 5.41) is 11.9. The third-order valence-corrected chi connectivity index (χ3v) is 3.47. The first-order valence-electron chi connectivity index (χ1n) is 4.26. The van der Waals surface area contributed by atoms with E-state index < -0.39 is 21.2 Å². The molecule has 0 amide bonds. The Bertz CT molecular complexity index is 427. The lowest BCUT2D eigenvalue weighted by atomic mass is 10.3. The molecule has 0 aliphatic carbocycles. The van der Waals surface area contributed by atoms with Gasteiger partial charge < -0.3 is 15.4 Å². The number of aromatic nitrogens is 2. The predicted octanol–water partition coefficient (Wildman–Crippen LogP) is -0.833. The summed E-state index contributed by atoms with van der Waals surface area (Å²) in [6, 6.07) is 0. The lowest BCUT2D eigenvalue weighted by molar-refractivity contribution is 0.141. The number of hydrogen-bond acceptors (Lipinski definition) is 7. The number of rotatable bonds is 4. The molecule has 1 unspecified atom stereocenters. The number of aliphatic hydroxyl groups is 1. The maximum absolute atomic E-state index is 11.2. The van der Waals surface area contributed by atoms with Gasteiger partial charge in [0.05, 0.1) is 0 Å². The Kier molecular flexibility index (Phi) is 3.42. The van der Waals surface area contributed by atoms with Crippen molar-refractivity contribution in [1.29, 1.82) is 0 Å². The van der Waals surface area contributed by atoms with Crippen LogP contribution in [-0.4, -0.2) is 36.5 Å². The summed E-state index contributed by atoms with van der Waals surface area (Å²) in [7, 11) is -3.27. The van der Waals surface area contributed by atoms with Crippen LogP contribution in [0.5, 0.6) is 0 Å². The second-order valence-electron chi connectivity index (χ2n) is 3.21. The fourth-order valence-electron chi connectivity index (χ4n) is 0.840. The minimum Gasteiger partial charge on any atom is -0.382 e. The van der Waals surface area contributed by atoms with Crippen molar-refractivity contribution in [2.45, 2.75) is 18.3 Å². The van der Waals surface area contributed by atoms with Gasteiger partial charge in [0.1, 0.15) is 11.4 Å². The molecule has 15 heavy (non-hydrogen) atoms. The Labute approximate surface area is 87.2 Å². The summed E-state index contributed by atoms with van der Waals surface area (Å²) in [6.07, 6.45) is 0.0191. The smallest absolute Gasteiger partial charge is 0.256 e. The van der Waals surface area contributed by atoms with Crippen LogP contribution in [0.4, 0.5) is 0 Å². The van der Waals surface area contributed by atoms with Crippen LogP contribution in [-0.2, 0) is 9.84 Å². The maximum Gasteiger partial charge on any atom is 0.256 e. The highest BCUT2D eigenvalue weighted by atomic mass is 32.2. The van der Waals surface area contributed by atoms with Gasteiger partial charge in [-0.1, -0.05) is 5.16 Å². The van der Waals surface area contributed by atoms with E-state index in [-0.39, 0.29) is 18.3 Å². The molecule has 1 rings (SSSR count). The largest absolute Gasteiger partial charge is 0.382 e. The Hall–Kier alpha value is -0.990. The average molecular weight is 235 g/mol. The molecule has 2 atom stereocenters. The van der Waals surface area contributed by atoms with Gasteiger partial charge >= 0.3 is 0 Å². The van der Waals surface area contributed by atoms with Crippen molar-refractivity contribution in [3.05, 3.63) is 11.7 Å². The Balaban J connectivity index is 2.94. The predicted molar refractivity (Wildman–Crippen MR) is 51.6 cm³/mol. The standard InChI is InChI=1S/C7H13N3O4S/c1-4(15(2,12)13)6-9-7(14-10-6)5(11)3-8/h4-5,11H,3,8H2,1-2H3/t4?,5-/m0/s1. The van der Waals surface area contributed by atoms with Crippen LogP contribution >= 0.6 is 0 Å². The first-order valence-corrected chi connectivity index (χ1v) is 6.22. The third-order valence-electron chi connectivity index (χ3n) is 1.97. The van der Waals surface area contributed by atoms with E-state index in [1.54, 1.807) is 0 Å². The van der Waals surface area contributed by atoms with Gasteiger partial charge in [0, 0.05) is 12.8 Å². The Morgan fingerprint density at radius 1 is 1.60 bits per heavy atom. The molecule has 1 heterocycles. The van der Waals surface area contributed by atoms with Crippen LogP contribution in [0.15, 0.2) is 4.52 Å². The molecule has 0 spiro atoms. The average Bonchev–Trinajstić information content (AvgIpc) is 2.62. The molecule has 7 nitrogen and oxygen atoms in total. The van der Waals surface area contributed by atoms with E-state index in [9.17, 15) is 13.5 Å². The van der Waals surface area contributed by atoms with Gasteiger partial charge in [-0.25, -0.2) is 8.42 Å². The van der Waals surface area contributed by atoms with E-state index in [0.717, 1.165) is 6.26 Å². The fourth-order valence-corrected chi connectivity index (χ4v) is 1.32. The van der Waals surface area contributed by atoms with E-state index in [1.165, 1.54) is 6.92 Å². The topological polar surface area (TPSA) is 119 Å². The van der Waals surface area contributed by atoms with E-state index in [1.807, 2.05) is 0 Å². The molecule has 3 N–H and O–H groups in total. The molecular weight excluding hydrogens is 222 g/mol. The minimum atomic E-state index is -3.27. The van der Waals surface area contributed by atoms with Crippen LogP contribution in [0.2, 0.25) is 0 Å². The number of hydrogen-bond donors (Lipinski definition) is 2. The summed E-state index contributed by atoms with van der Waals surface area (Å²) >= 11 is 0. The molecule has 0 aromatic carbocycles. The van der Waals surface area contributed by atoms with Gasteiger partial charge in [-0.3, -0.25) is 0 Å². The lowest BCUT2D eigenvalue weighted by Crippen LogP contribution is -2.13. The first-order chi connectivity index (χ1) is 6.86. The second kappa shape index (κ2) is 4.25. The van der Waals surface area contributed by atoms with Crippen LogP contribution in [0, 0.1) is 0 Å². The van der Waals surface area contributed by atoms with Crippen molar-refractivity contribution in [3.8, 4) is 0 Å². The third kappa shape index (κ3) is 2.74. The molecule has 8 heteroatoms. The van der Waals surface area contributed by atoms with Crippen LogP contribution in [0.1, 0.15) is 30.0 Å². The Morgan fingerprint density at radius 2 is 2.20 bits per heavy atom. The van der Waals surface area contributed by atoms with Crippen molar-refractivity contribution < 1.29 is 18.0 Å². The number of nitrogens with two attached hydrogens (primary N) is 1. The summed E-state index contributed by atoms with van der Waals surface area (Å²) in [4.78, 5) is 3.76. The van der Waals surface area contributed by atoms with Crippen molar-refractivity contribution in [1.82, 2.24) is 10.1 Å². The zero-order valence-electron chi connectivity index (χ0n) is 8.41. The van der Waals surface area contributed by atoms with Crippen molar-refractivity contribution >= 4 is 9.84 Å². The summed E-state index contributed by atoms with van der Waals surface area (Å²) in [5.41, 5.74) is 5.18. The van der Waals surface area contributed by atoms with Crippen molar-refractivity contribution in [3.63, 3.8) is 0 Å². The molecule has 86 valence electrons.